The molecule has 0 bridgehead atoms. The molecule has 0 heterocycles. The fourth-order valence-corrected chi connectivity index (χ4v) is 1.69. The van der Waals surface area contributed by atoms with E-state index in [1.54, 1.807) is 6.08 Å². The van der Waals surface area contributed by atoms with E-state index in [9.17, 15) is 0 Å². The number of hydrogen-bond donors (Lipinski definition) is 1. The molecule has 0 saturated carbocycles. The maximum Gasteiger partial charge on any atom is 0.0615 e. The number of aliphatic hydroxyl groups is 1. The number of hydrogen-bond acceptors (Lipinski definition) is 1. The Morgan fingerprint density at radius 1 is 0.938 bits per heavy atom. The molecule has 2 rings (SSSR count). The van der Waals surface area contributed by atoms with Crippen molar-refractivity contribution in [3.05, 3.63) is 66.3 Å². The maximum atomic E-state index is 8.61. The summed E-state index contributed by atoms with van der Waals surface area (Å²) in [7, 11) is 0. The lowest BCUT2D eigenvalue weighted by Gasteiger charge is -2.00. The van der Waals surface area contributed by atoms with E-state index in [0.29, 0.717) is 0 Å². The molecule has 0 unspecified atom stereocenters. The average Bonchev–Trinajstić information content (AvgIpc) is 2.35. The van der Waals surface area contributed by atoms with Crippen molar-refractivity contribution in [2.75, 3.05) is 6.61 Å². The molecular weight excluding hydrogens is 196 g/mol. The van der Waals surface area contributed by atoms with E-state index in [2.05, 4.69) is 36.4 Å². The summed E-state index contributed by atoms with van der Waals surface area (Å²) in [6.45, 7) is 0.0832. The predicted octanol–water partition coefficient (Wildman–Crippen LogP) is 3.40. The van der Waals surface area contributed by atoms with Crippen molar-refractivity contribution in [3.63, 3.8) is 0 Å². The molecule has 80 valence electrons. The number of benzene rings is 2. The Labute approximate surface area is 95.4 Å². The minimum atomic E-state index is 0.0832. The smallest absolute Gasteiger partial charge is 0.0615 e. The van der Waals surface area contributed by atoms with E-state index in [1.165, 1.54) is 16.3 Å². The highest BCUT2D eigenvalue weighted by atomic mass is 16.2. The Morgan fingerprint density at radius 3 is 2.62 bits per heavy atom. The van der Waals surface area contributed by atoms with Crippen molar-refractivity contribution in [2.45, 2.75) is 0 Å². The van der Waals surface area contributed by atoms with Crippen LogP contribution >= 0.6 is 0 Å². The number of fused-ring (bicyclic) bond motifs is 1. The lowest BCUT2D eigenvalue weighted by molar-refractivity contribution is 0.343. The van der Waals surface area contributed by atoms with Gasteiger partial charge >= 0.3 is 0 Å². The summed E-state index contributed by atoms with van der Waals surface area (Å²) < 4.78 is 0. The molecular formula is C15H14O. The first-order valence-corrected chi connectivity index (χ1v) is 5.33. The summed E-state index contributed by atoms with van der Waals surface area (Å²) >= 11 is 0. The van der Waals surface area contributed by atoms with Gasteiger partial charge in [0.25, 0.3) is 0 Å². The molecule has 1 N–H and O–H groups in total. The maximum absolute atomic E-state index is 8.61. The van der Waals surface area contributed by atoms with Crippen LogP contribution in [-0.4, -0.2) is 11.7 Å². The van der Waals surface area contributed by atoms with E-state index >= 15 is 0 Å². The van der Waals surface area contributed by atoms with Gasteiger partial charge in [0.2, 0.25) is 0 Å². The summed E-state index contributed by atoms with van der Waals surface area (Å²) in [6.07, 6.45) is 7.55. The minimum absolute atomic E-state index is 0.0832. The van der Waals surface area contributed by atoms with Gasteiger partial charge in [0.1, 0.15) is 0 Å². The van der Waals surface area contributed by atoms with Crippen molar-refractivity contribution in [3.8, 4) is 0 Å². The third-order valence-corrected chi connectivity index (χ3v) is 2.45. The van der Waals surface area contributed by atoms with Crippen molar-refractivity contribution < 1.29 is 5.11 Å². The predicted molar refractivity (Wildman–Crippen MR) is 69.2 cm³/mol. The van der Waals surface area contributed by atoms with Crippen LogP contribution in [0.2, 0.25) is 0 Å². The molecule has 2 aromatic rings. The highest BCUT2D eigenvalue weighted by Crippen LogP contribution is 2.19. The molecule has 1 nitrogen and oxygen atoms in total. The second kappa shape index (κ2) is 5.29. The first-order valence-electron chi connectivity index (χ1n) is 5.33. The summed E-state index contributed by atoms with van der Waals surface area (Å²) in [6, 6.07) is 14.6. The number of allylic oxidation sites excluding steroid dienone is 2. The molecule has 0 aliphatic heterocycles. The van der Waals surface area contributed by atoms with E-state index < -0.39 is 0 Å². The summed E-state index contributed by atoms with van der Waals surface area (Å²) in [5, 5.41) is 11.1. The second-order valence-electron chi connectivity index (χ2n) is 3.54. The van der Waals surface area contributed by atoms with Crippen LogP contribution in [0.3, 0.4) is 0 Å². The van der Waals surface area contributed by atoms with Crippen molar-refractivity contribution in [2.24, 2.45) is 0 Å². The van der Waals surface area contributed by atoms with Gasteiger partial charge in [-0.2, -0.15) is 0 Å². The fourth-order valence-electron chi connectivity index (χ4n) is 1.69. The van der Waals surface area contributed by atoms with Crippen molar-refractivity contribution >= 4 is 16.8 Å². The normalized spacial score (nSPS) is 11.8. The Bertz CT molecular complexity index is 518. The van der Waals surface area contributed by atoms with Gasteiger partial charge in [-0.3, -0.25) is 0 Å². The summed E-state index contributed by atoms with van der Waals surface area (Å²) in [5.74, 6) is 0. The molecule has 0 aliphatic rings. The minimum Gasteiger partial charge on any atom is -0.392 e. The average molecular weight is 210 g/mol. The van der Waals surface area contributed by atoms with Crippen LogP contribution in [0.4, 0.5) is 0 Å². The fraction of sp³-hybridized carbons (Fsp3) is 0.0667. The van der Waals surface area contributed by atoms with Crippen LogP contribution in [0.15, 0.2) is 60.7 Å². The van der Waals surface area contributed by atoms with Crippen LogP contribution in [0.5, 0.6) is 0 Å². The molecule has 0 saturated heterocycles. The number of rotatable bonds is 3. The largest absolute Gasteiger partial charge is 0.392 e. The standard InChI is InChI=1S/C15H14O/c16-12-5-1-2-7-13-9-6-10-14-8-3-4-11-15(13)14/h1-11,16H,12H2/b5-1+,7-2+. The third-order valence-electron chi connectivity index (χ3n) is 2.45. The van der Waals surface area contributed by atoms with Crippen LogP contribution < -0.4 is 0 Å². The third kappa shape index (κ3) is 2.38. The monoisotopic (exact) mass is 210 g/mol. The van der Waals surface area contributed by atoms with Crippen molar-refractivity contribution in [1.29, 1.82) is 0 Å². The van der Waals surface area contributed by atoms with E-state index in [1.807, 2.05) is 24.3 Å². The lowest BCUT2D eigenvalue weighted by Crippen LogP contribution is -1.76. The molecule has 0 fully saturated rings. The van der Waals surface area contributed by atoms with Crippen LogP contribution in [-0.2, 0) is 0 Å². The zero-order valence-electron chi connectivity index (χ0n) is 9.01. The molecule has 0 radical (unpaired) electrons. The first-order chi connectivity index (χ1) is 7.92. The first kappa shape index (κ1) is 10.7. The zero-order chi connectivity index (χ0) is 11.2. The number of aliphatic hydroxyl groups excluding tert-OH is 1. The van der Waals surface area contributed by atoms with E-state index in [-0.39, 0.29) is 6.61 Å². The van der Waals surface area contributed by atoms with Gasteiger partial charge in [0.05, 0.1) is 6.61 Å². The van der Waals surface area contributed by atoms with Gasteiger partial charge in [-0.1, -0.05) is 66.8 Å². The Kier molecular flexibility index (Phi) is 3.52. The Morgan fingerprint density at radius 2 is 1.75 bits per heavy atom. The van der Waals surface area contributed by atoms with Gasteiger partial charge in [0.15, 0.2) is 0 Å². The molecule has 0 amide bonds. The lowest BCUT2D eigenvalue weighted by atomic mass is 10.0. The van der Waals surface area contributed by atoms with Gasteiger partial charge in [-0.25, -0.2) is 0 Å². The highest BCUT2D eigenvalue weighted by molar-refractivity contribution is 5.90. The van der Waals surface area contributed by atoms with Gasteiger partial charge < -0.3 is 5.11 Å². The SMILES string of the molecule is OC/C=C/C=C/c1cccc2ccccc12. The second-order valence-corrected chi connectivity index (χ2v) is 3.54. The van der Waals surface area contributed by atoms with Crippen LogP contribution in [0.25, 0.3) is 16.8 Å². The Balaban J connectivity index is 2.37. The van der Waals surface area contributed by atoms with Gasteiger partial charge in [-0.05, 0) is 16.3 Å². The molecule has 16 heavy (non-hydrogen) atoms. The molecule has 1 heteroatoms. The quantitative estimate of drug-likeness (QED) is 0.770. The molecule has 0 spiro atoms. The van der Waals surface area contributed by atoms with Gasteiger partial charge in [-0.15, -0.1) is 0 Å². The molecule has 0 aromatic heterocycles. The molecule has 2 aromatic carbocycles. The topological polar surface area (TPSA) is 20.2 Å². The van der Waals surface area contributed by atoms with E-state index in [0.717, 1.165) is 0 Å². The van der Waals surface area contributed by atoms with Crippen LogP contribution in [0.1, 0.15) is 5.56 Å². The summed E-state index contributed by atoms with van der Waals surface area (Å²) in [5.41, 5.74) is 1.20. The van der Waals surface area contributed by atoms with Crippen LogP contribution in [0, 0.1) is 0 Å². The molecule has 0 atom stereocenters. The van der Waals surface area contributed by atoms with E-state index in [4.69, 9.17) is 5.11 Å². The van der Waals surface area contributed by atoms with Gasteiger partial charge in [0, 0.05) is 0 Å². The molecule has 0 aliphatic carbocycles. The van der Waals surface area contributed by atoms with Crippen molar-refractivity contribution in [1.82, 2.24) is 0 Å². The summed E-state index contributed by atoms with van der Waals surface area (Å²) in [4.78, 5) is 0. The Hall–Kier alpha value is -1.86. The zero-order valence-corrected chi connectivity index (χ0v) is 9.01. The highest BCUT2D eigenvalue weighted by Gasteiger charge is 1.94.